The maximum Gasteiger partial charge on any atom is 0.248 e. The van der Waals surface area contributed by atoms with Crippen LogP contribution < -0.4 is 10.1 Å². The van der Waals surface area contributed by atoms with Crippen molar-refractivity contribution in [1.29, 1.82) is 0 Å². The smallest absolute Gasteiger partial charge is 0.248 e. The minimum absolute atomic E-state index is 0.112. The van der Waals surface area contributed by atoms with Crippen molar-refractivity contribution in [3.63, 3.8) is 0 Å². The summed E-state index contributed by atoms with van der Waals surface area (Å²) in [7, 11) is 2.92. The van der Waals surface area contributed by atoms with Gasteiger partial charge in [-0.25, -0.2) is 8.42 Å². The molecule has 0 aromatic heterocycles. The highest BCUT2D eigenvalue weighted by Crippen LogP contribution is 2.27. The van der Waals surface area contributed by atoms with Crippen LogP contribution in [-0.2, 0) is 26.1 Å². The van der Waals surface area contributed by atoms with Crippen molar-refractivity contribution in [3.05, 3.63) is 53.1 Å². The average molecular weight is 464 g/mol. The van der Waals surface area contributed by atoms with Gasteiger partial charge in [0.15, 0.2) is 0 Å². The maximum absolute atomic E-state index is 13.0. The monoisotopic (exact) mass is 463 g/mol. The SMILES string of the molecule is CNc1ccc(CN(C)C(=O)COCCN(C)S(=O)(=O)c2c(C)cc(OC)cc2C)cc1. The zero-order chi connectivity index (χ0) is 23.9. The predicted molar refractivity (Wildman–Crippen MR) is 126 cm³/mol. The van der Waals surface area contributed by atoms with Crippen LogP contribution in [-0.4, -0.2) is 71.5 Å². The number of sulfonamides is 1. The van der Waals surface area contributed by atoms with Gasteiger partial charge in [-0.1, -0.05) is 12.1 Å². The van der Waals surface area contributed by atoms with Gasteiger partial charge < -0.3 is 19.7 Å². The number of methoxy groups -OCH3 is 1. The molecule has 0 spiro atoms. The second-order valence-corrected chi connectivity index (χ2v) is 9.65. The fourth-order valence-corrected chi connectivity index (χ4v) is 4.87. The number of benzene rings is 2. The fraction of sp³-hybridized carbons (Fsp3) is 0.435. The van der Waals surface area contributed by atoms with E-state index >= 15 is 0 Å². The predicted octanol–water partition coefficient (Wildman–Crippen LogP) is 2.65. The van der Waals surface area contributed by atoms with Gasteiger partial charge in [0.1, 0.15) is 12.4 Å². The van der Waals surface area contributed by atoms with Gasteiger partial charge in [-0.05, 0) is 54.8 Å². The van der Waals surface area contributed by atoms with Crippen LogP contribution in [0.1, 0.15) is 16.7 Å². The largest absolute Gasteiger partial charge is 0.497 e. The third-order valence-corrected chi connectivity index (χ3v) is 7.37. The number of rotatable bonds is 11. The van der Waals surface area contributed by atoms with Crippen molar-refractivity contribution in [2.75, 3.05) is 53.3 Å². The number of amides is 1. The van der Waals surface area contributed by atoms with Crippen LogP contribution in [0.2, 0.25) is 0 Å². The normalized spacial score (nSPS) is 11.5. The first-order valence-electron chi connectivity index (χ1n) is 10.3. The molecule has 0 aliphatic rings. The highest BCUT2D eigenvalue weighted by molar-refractivity contribution is 7.89. The Kier molecular flexibility index (Phi) is 9.06. The van der Waals surface area contributed by atoms with E-state index in [4.69, 9.17) is 9.47 Å². The Hall–Kier alpha value is -2.62. The Labute approximate surface area is 191 Å². The molecule has 1 N–H and O–H groups in total. The molecule has 0 aliphatic carbocycles. The van der Waals surface area contributed by atoms with Crippen molar-refractivity contribution in [1.82, 2.24) is 9.21 Å². The standard InChI is InChI=1S/C23H33N3O5S/c1-17-13-21(30-6)14-18(2)23(17)32(28,29)26(5)11-12-31-16-22(27)25(4)15-19-7-9-20(24-3)10-8-19/h7-10,13-14,24H,11-12,15-16H2,1-6H3. The number of nitrogens with zero attached hydrogens (tertiary/aromatic N) is 2. The zero-order valence-electron chi connectivity index (χ0n) is 19.6. The Morgan fingerprint density at radius 3 is 2.19 bits per heavy atom. The third-order valence-electron chi connectivity index (χ3n) is 5.20. The number of carbonyl (C=O) groups excluding carboxylic acids is 1. The summed E-state index contributed by atoms with van der Waals surface area (Å²) in [5.74, 6) is 0.445. The minimum Gasteiger partial charge on any atom is -0.497 e. The van der Waals surface area contributed by atoms with E-state index in [0.717, 1.165) is 11.3 Å². The molecule has 8 nitrogen and oxygen atoms in total. The van der Waals surface area contributed by atoms with Gasteiger partial charge in [-0.3, -0.25) is 4.79 Å². The van der Waals surface area contributed by atoms with Crippen molar-refractivity contribution in [2.24, 2.45) is 0 Å². The van der Waals surface area contributed by atoms with Gasteiger partial charge in [0.05, 0.1) is 18.6 Å². The summed E-state index contributed by atoms with van der Waals surface area (Å²) in [4.78, 5) is 14.2. The highest BCUT2D eigenvalue weighted by Gasteiger charge is 2.25. The Morgan fingerprint density at radius 1 is 1.06 bits per heavy atom. The quantitative estimate of drug-likeness (QED) is 0.516. The molecule has 2 aromatic carbocycles. The summed E-state index contributed by atoms with van der Waals surface area (Å²) in [6.07, 6.45) is 0. The molecule has 0 unspecified atom stereocenters. The lowest BCUT2D eigenvalue weighted by Gasteiger charge is -2.21. The van der Waals surface area contributed by atoms with E-state index in [-0.39, 0.29) is 30.6 Å². The van der Waals surface area contributed by atoms with E-state index in [2.05, 4.69) is 5.32 Å². The van der Waals surface area contributed by atoms with Gasteiger partial charge in [0, 0.05) is 39.9 Å². The molecule has 0 heterocycles. The summed E-state index contributed by atoms with van der Waals surface area (Å²) in [6.45, 7) is 4.09. The van der Waals surface area contributed by atoms with Crippen LogP contribution in [0.4, 0.5) is 5.69 Å². The molecule has 0 atom stereocenters. The van der Waals surface area contributed by atoms with E-state index in [1.54, 1.807) is 45.0 Å². The van der Waals surface area contributed by atoms with Gasteiger partial charge in [-0.2, -0.15) is 4.31 Å². The molecular weight excluding hydrogens is 430 g/mol. The first-order valence-corrected chi connectivity index (χ1v) is 11.7. The molecule has 2 rings (SSSR count). The second-order valence-electron chi connectivity index (χ2n) is 7.67. The van der Waals surface area contributed by atoms with Crippen molar-refractivity contribution in [2.45, 2.75) is 25.3 Å². The molecule has 32 heavy (non-hydrogen) atoms. The van der Waals surface area contributed by atoms with E-state index in [0.29, 0.717) is 23.4 Å². The molecular formula is C23H33N3O5S. The summed E-state index contributed by atoms with van der Waals surface area (Å²) in [6, 6.07) is 11.2. The summed E-state index contributed by atoms with van der Waals surface area (Å²) >= 11 is 0. The van der Waals surface area contributed by atoms with Crippen LogP contribution in [0.15, 0.2) is 41.3 Å². The van der Waals surface area contributed by atoms with Crippen molar-refractivity contribution in [3.8, 4) is 5.75 Å². The van der Waals surface area contributed by atoms with Gasteiger partial charge >= 0.3 is 0 Å². The van der Waals surface area contributed by atoms with Gasteiger partial charge in [-0.15, -0.1) is 0 Å². The number of carbonyl (C=O) groups is 1. The van der Waals surface area contributed by atoms with Gasteiger partial charge in [0.25, 0.3) is 0 Å². The lowest BCUT2D eigenvalue weighted by molar-refractivity contribution is -0.135. The Morgan fingerprint density at radius 2 is 1.66 bits per heavy atom. The summed E-state index contributed by atoms with van der Waals surface area (Å²) in [5, 5.41) is 3.05. The first-order chi connectivity index (χ1) is 15.1. The number of hydrogen-bond acceptors (Lipinski definition) is 6. The summed E-state index contributed by atoms with van der Waals surface area (Å²) < 4.78 is 37.9. The molecule has 0 fully saturated rings. The van der Waals surface area contributed by atoms with Crippen LogP contribution >= 0.6 is 0 Å². The van der Waals surface area contributed by atoms with Crippen LogP contribution in [0, 0.1) is 13.8 Å². The van der Waals surface area contributed by atoms with Crippen LogP contribution in [0.5, 0.6) is 5.75 Å². The van der Waals surface area contributed by atoms with Crippen molar-refractivity contribution < 1.29 is 22.7 Å². The number of hydrogen-bond donors (Lipinski definition) is 1. The lowest BCUT2D eigenvalue weighted by atomic mass is 10.1. The lowest BCUT2D eigenvalue weighted by Crippen LogP contribution is -2.33. The van der Waals surface area contributed by atoms with Gasteiger partial charge in [0.2, 0.25) is 15.9 Å². The van der Waals surface area contributed by atoms with Crippen molar-refractivity contribution >= 4 is 21.6 Å². The second kappa shape index (κ2) is 11.3. The van der Waals surface area contributed by atoms with E-state index in [1.165, 1.54) is 11.4 Å². The summed E-state index contributed by atoms with van der Waals surface area (Å²) in [5.41, 5.74) is 3.25. The Balaban J connectivity index is 1.86. The first kappa shape index (κ1) is 25.6. The van der Waals surface area contributed by atoms with E-state index < -0.39 is 10.0 Å². The molecule has 0 aliphatic heterocycles. The topological polar surface area (TPSA) is 88.2 Å². The minimum atomic E-state index is -3.69. The fourth-order valence-electron chi connectivity index (χ4n) is 3.31. The molecule has 0 saturated heterocycles. The average Bonchev–Trinajstić information content (AvgIpc) is 2.75. The molecule has 2 aromatic rings. The highest BCUT2D eigenvalue weighted by atomic mass is 32.2. The van der Waals surface area contributed by atoms with Crippen LogP contribution in [0.25, 0.3) is 0 Å². The van der Waals surface area contributed by atoms with Crippen LogP contribution in [0.3, 0.4) is 0 Å². The molecule has 176 valence electrons. The molecule has 9 heteroatoms. The molecule has 0 radical (unpaired) electrons. The number of nitrogens with one attached hydrogen (secondary N) is 1. The van der Waals surface area contributed by atoms with E-state index in [9.17, 15) is 13.2 Å². The zero-order valence-corrected chi connectivity index (χ0v) is 20.5. The molecule has 0 bridgehead atoms. The van der Waals surface area contributed by atoms with E-state index in [1.807, 2.05) is 31.3 Å². The number of likely N-dealkylation sites (N-methyl/N-ethyl adjacent to an activating group) is 2. The molecule has 0 saturated carbocycles. The Bertz CT molecular complexity index is 999. The number of aryl methyl sites for hydroxylation is 2. The maximum atomic E-state index is 13.0. The third kappa shape index (κ3) is 6.44. The number of anilines is 1. The number of ether oxygens (including phenoxy) is 2. The molecule has 1 amide bonds.